The molecule has 0 saturated heterocycles. The number of aromatic amines is 1. The van der Waals surface area contributed by atoms with Gasteiger partial charge in [-0.05, 0) is 0 Å². The average molecular weight is 144 g/mol. The van der Waals surface area contributed by atoms with Crippen molar-refractivity contribution in [1.29, 1.82) is 0 Å². The van der Waals surface area contributed by atoms with E-state index in [-0.39, 0.29) is 5.03 Å². The quantitative estimate of drug-likeness (QED) is 0.440. The van der Waals surface area contributed by atoms with Gasteiger partial charge in [0.1, 0.15) is 5.03 Å². The number of aromatic nitrogens is 2. The number of nitrogens with one attached hydrogen (secondary N) is 1. The first kappa shape index (κ1) is 6.15. The largest absolute Gasteiger partial charge is 0.489 e. The lowest BCUT2D eigenvalue weighted by atomic mass is 10.7. The Bertz CT molecular complexity index is 270. The maximum absolute atomic E-state index is 10.4. The van der Waals surface area contributed by atoms with Crippen LogP contribution in [0.2, 0.25) is 0 Å². The van der Waals surface area contributed by atoms with Gasteiger partial charge in [-0.1, -0.05) is 0 Å². The smallest absolute Gasteiger partial charge is 0.310 e. The summed E-state index contributed by atoms with van der Waals surface area (Å²) in [7, 11) is 0. The van der Waals surface area contributed by atoms with Crippen molar-refractivity contribution in [2.24, 2.45) is 0 Å². The minimum atomic E-state index is -0.604. The lowest BCUT2D eigenvalue weighted by molar-refractivity contribution is 0.438. The van der Waals surface area contributed by atoms with E-state index in [1.165, 1.54) is 6.20 Å². The molecule has 0 amide bonds. The molecule has 1 aromatic rings. The highest BCUT2D eigenvalue weighted by molar-refractivity contribution is 7.80. The molecule has 0 aliphatic rings. The van der Waals surface area contributed by atoms with Gasteiger partial charge in [-0.25, -0.2) is 4.98 Å². The van der Waals surface area contributed by atoms with Crippen molar-refractivity contribution in [2.75, 3.05) is 0 Å². The Labute approximate surface area is 56.0 Å². The van der Waals surface area contributed by atoms with Crippen molar-refractivity contribution in [3.05, 3.63) is 16.6 Å². The molecule has 48 valence electrons. The third-order valence-corrected chi connectivity index (χ3v) is 0.985. The highest BCUT2D eigenvalue weighted by atomic mass is 32.1. The summed E-state index contributed by atoms with van der Waals surface area (Å²) in [6, 6.07) is 0. The molecule has 0 unspecified atom stereocenters. The number of H-pyrrole nitrogens is 1. The molecule has 0 bridgehead atoms. The first-order valence-electron chi connectivity index (χ1n) is 2.18. The van der Waals surface area contributed by atoms with Gasteiger partial charge in [-0.15, -0.1) is 12.6 Å². The van der Waals surface area contributed by atoms with Crippen molar-refractivity contribution in [2.45, 2.75) is 5.03 Å². The summed E-state index contributed by atoms with van der Waals surface area (Å²) in [5.74, 6) is -0.553. The summed E-state index contributed by atoms with van der Waals surface area (Å²) in [5, 5.41) is 8.88. The van der Waals surface area contributed by atoms with Crippen LogP contribution >= 0.6 is 12.6 Å². The normalized spacial score (nSPS) is 9.44. The lowest BCUT2D eigenvalue weighted by Gasteiger charge is -1.88. The van der Waals surface area contributed by atoms with Crippen LogP contribution in [-0.4, -0.2) is 15.1 Å². The van der Waals surface area contributed by atoms with E-state index in [4.69, 9.17) is 5.11 Å². The van der Waals surface area contributed by atoms with Gasteiger partial charge in [0.05, 0.1) is 0 Å². The summed E-state index contributed by atoms with van der Waals surface area (Å²) in [6.07, 6.45) is 1.30. The molecule has 0 fully saturated rings. The van der Waals surface area contributed by atoms with Crippen molar-refractivity contribution in [3.8, 4) is 5.88 Å². The summed E-state index contributed by atoms with van der Waals surface area (Å²) in [4.78, 5) is 15.9. The molecule has 2 N–H and O–H groups in total. The Balaban J connectivity index is 3.34. The fourth-order valence-electron chi connectivity index (χ4n) is 0.386. The second kappa shape index (κ2) is 2.10. The van der Waals surface area contributed by atoms with Gasteiger partial charge < -0.3 is 10.1 Å². The van der Waals surface area contributed by atoms with E-state index in [9.17, 15) is 4.79 Å². The zero-order valence-electron chi connectivity index (χ0n) is 4.33. The molecule has 0 aliphatic carbocycles. The fraction of sp³-hybridized carbons (Fsp3) is 0. The standard InChI is InChI=1S/C4H4N2O2S/c7-3-4(8)6-2(9)1-5-3/h1H,(H,5,7)(H2,6,8,9). The van der Waals surface area contributed by atoms with Crippen LogP contribution in [0.25, 0.3) is 0 Å². The molecule has 9 heavy (non-hydrogen) atoms. The Morgan fingerprint density at radius 3 is 2.89 bits per heavy atom. The molecular formula is C4H4N2O2S. The lowest BCUT2D eigenvalue weighted by Crippen LogP contribution is -2.05. The molecule has 5 heteroatoms. The number of nitrogens with zero attached hydrogens (tertiary/aromatic N) is 1. The van der Waals surface area contributed by atoms with Crippen LogP contribution in [0.4, 0.5) is 0 Å². The number of thiol groups is 1. The minimum Gasteiger partial charge on any atom is -0.489 e. The zero-order valence-corrected chi connectivity index (χ0v) is 5.22. The van der Waals surface area contributed by atoms with E-state index >= 15 is 0 Å². The molecule has 4 nitrogen and oxygen atoms in total. The number of hydrogen-bond donors (Lipinski definition) is 3. The van der Waals surface area contributed by atoms with Crippen molar-refractivity contribution >= 4 is 12.6 Å². The van der Waals surface area contributed by atoms with Crippen LogP contribution in [0.1, 0.15) is 0 Å². The van der Waals surface area contributed by atoms with E-state index < -0.39 is 11.4 Å². The predicted molar refractivity (Wildman–Crippen MR) is 33.8 cm³/mol. The number of hydrogen-bond acceptors (Lipinski definition) is 4. The molecule has 0 atom stereocenters. The van der Waals surface area contributed by atoms with Gasteiger partial charge in [-0.2, -0.15) is 0 Å². The van der Waals surface area contributed by atoms with E-state index in [1.807, 2.05) is 0 Å². The summed E-state index contributed by atoms with van der Waals surface area (Å²) in [5.41, 5.74) is -0.604. The molecule has 0 radical (unpaired) electrons. The highest BCUT2D eigenvalue weighted by Crippen LogP contribution is 1.98. The molecule has 0 aliphatic heterocycles. The van der Waals surface area contributed by atoms with Crippen LogP contribution in [0.15, 0.2) is 16.0 Å². The molecule has 1 aromatic heterocycles. The molecule has 0 aromatic carbocycles. The average Bonchev–Trinajstić information content (AvgIpc) is 1.80. The maximum Gasteiger partial charge on any atom is 0.310 e. The van der Waals surface area contributed by atoms with Gasteiger partial charge >= 0.3 is 5.56 Å². The summed E-state index contributed by atoms with van der Waals surface area (Å²) < 4.78 is 0. The SMILES string of the molecule is O=c1[nH]cc(S)nc1O. The second-order valence-electron chi connectivity index (χ2n) is 1.41. The first-order valence-corrected chi connectivity index (χ1v) is 2.62. The van der Waals surface area contributed by atoms with E-state index in [0.717, 1.165) is 0 Å². The molecule has 0 saturated carbocycles. The second-order valence-corrected chi connectivity index (χ2v) is 1.87. The summed E-state index contributed by atoms with van der Waals surface area (Å²) in [6.45, 7) is 0. The van der Waals surface area contributed by atoms with Crippen molar-refractivity contribution in [1.82, 2.24) is 9.97 Å². The summed E-state index contributed by atoms with van der Waals surface area (Å²) >= 11 is 3.76. The topological polar surface area (TPSA) is 66.0 Å². The van der Waals surface area contributed by atoms with Crippen LogP contribution in [-0.2, 0) is 0 Å². The fourth-order valence-corrected chi connectivity index (χ4v) is 0.545. The number of rotatable bonds is 0. The van der Waals surface area contributed by atoms with Crippen molar-refractivity contribution < 1.29 is 5.11 Å². The Morgan fingerprint density at radius 2 is 2.44 bits per heavy atom. The third-order valence-electron chi connectivity index (χ3n) is 0.756. The Morgan fingerprint density at radius 1 is 1.78 bits per heavy atom. The van der Waals surface area contributed by atoms with Crippen LogP contribution < -0.4 is 5.56 Å². The molecule has 1 heterocycles. The van der Waals surface area contributed by atoms with E-state index in [0.29, 0.717) is 0 Å². The van der Waals surface area contributed by atoms with Gasteiger partial charge in [0.25, 0.3) is 5.88 Å². The Kier molecular flexibility index (Phi) is 1.44. The maximum atomic E-state index is 10.4. The van der Waals surface area contributed by atoms with Gasteiger partial charge in [-0.3, -0.25) is 4.79 Å². The highest BCUT2D eigenvalue weighted by Gasteiger charge is 1.95. The van der Waals surface area contributed by atoms with Crippen molar-refractivity contribution in [3.63, 3.8) is 0 Å². The molecule has 0 spiro atoms. The van der Waals surface area contributed by atoms with E-state index in [1.54, 1.807) is 0 Å². The molecule has 1 rings (SSSR count). The minimum absolute atomic E-state index is 0.284. The monoisotopic (exact) mass is 144 g/mol. The number of aromatic hydroxyl groups is 1. The van der Waals surface area contributed by atoms with Crippen LogP contribution in [0.3, 0.4) is 0 Å². The Hall–Kier alpha value is -0.970. The first-order chi connectivity index (χ1) is 4.20. The van der Waals surface area contributed by atoms with Crippen LogP contribution in [0.5, 0.6) is 5.88 Å². The molecular weight excluding hydrogens is 140 g/mol. The zero-order chi connectivity index (χ0) is 6.85. The third kappa shape index (κ3) is 1.23. The van der Waals surface area contributed by atoms with Crippen LogP contribution in [0, 0.1) is 0 Å². The van der Waals surface area contributed by atoms with Gasteiger partial charge in [0, 0.05) is 6.20 Å². The van der Waals surface area contributed by atoms with E-state index in [2.05, 4.69) is 22.6 Å². The predicted octanol–water partition coefficient (Wildman–Crippen LogP) is -0.236. The van der Waals surface area contributed by atoms with Gasteiger partial charge in [0.15, 0.2) is 0 Å². The van der Waals surface area contributed by atoms with Gasteiger partial charge in [0.2, 0.25) is 0 Å².